The first-order valence-corrected chi connectivity index (χ1v) is 7.12. The highest BCUT2D eigenvalue weighted by atomic mass is 79.9. The van der Waals surface area contributed by atoms with E-state index in [4.69, 9.17) is 4.74 Å². The van der Waals surface area contributed by atoms with Crippen LogP contribution in [0.4, 0.5) is 0 Å². The number of halogens is 1. The third kappa shape index (κ3) is 2.86. The maximum Gasteiger partial charge on any atom is 0.335 e. The fourth-order valence-electron chi connectivity index (χ4n) is 2.47. The van der Waals surface area contributed by atoms with Gasteiger partial charge in [-0.1, -0.05) is 28.1 Å². The van der Waals surface area contributed by atoms with Crippen LogP contribution in [0, 0.1) is 0 Å². The van der Waals surface area contributed by atoms with E-state index in [0.29, 0.717) is 0 Å². The average molecular weight is 342 g/mol. The van der Waals surface area contributed by atoms with Gasteiger partial charge in [0.2, 0.25) is 5.91 Å². The number of carbonyl (C=O) groups is 2. The van der Waals surface area contributed by atoms with Gasteiger partial charge in [-0.15, -0.1) is 0 Å². The summed E-state index contributed by atoms with van der Waals surface area (Å²) in [6.45, 7) is 3.54. The standard InChI is InChI=1S/C14H16BrNO4/c1-8(2)16-11(17)7-20-13(14(18)19)12(16)9-4-3-5-10(15)6-9/h3-6,8,12-13H,7H2,1-2H3,(H,18,19). The van der Waals surface area contributed by atoms with Gasteiger partial charge in [-0.2, -0.15) is 0 Å². The Morgan fingerprint density at radius 2 is 2.20 bits per heavy atom. The van der Waals surface area contributed by atoms with Crippen molar-refractivity contribution in [2.24, 2.45) is 0 Å². The smallest absolute Gasteiger partial charge is 0.335 e. The van der Waals surface area contributed by atoms with Crippen LogP contribution in [0.2, 0.25) is 0 Å². The lowest BCUT2D eigenvalue weighted by Gasteiger charge is -2.42. The van der Waals surface area contributed by atoms with Crippen LogP contribution in [0.5, 0.6) is 0 Å². The first-order valence-electron chi connectivity index (χ1n) is 6.33. The van der Waals surface area contributed by atoms with Crippen LogP contribution in [0.1, 0.15) is 25.5 Å². The van der Waals surface area contributed by atoms with Gasteiger partial charge >= 0.3 is 5.97 Å². The van der Waals surface area contributed by atoms with E-state index in [0.717, 1.165) is 10.0 Å². The number of morpholine rings is 1. The maximum absolute atomic E-state index is 12.1. The summed E-state index contributed by atoms with van der Waals surface area (Å²) in [5.41, 5.74) is 0.744. The molecule has 1 fully saturated rings. The van der Waals surface area contributed by atoms with Crippen LogP contribution in [0.25, 0.3) is 0 Å². The number of nitrogens with zero attached hydrogens (tertiary/aromatic N) is 1. The molecule has 1 aliphatic heterocycles. The molecule has 0 aliphatic carbocycles. The molecule has 2 atom stereocenters. The average Bonchev–Trinajstić information content (AvgIpc) is 2.37. The summed E-state index contributed by atoms with van der Waals surface area (Å²) in [6.07, 6.45) is -1.05. The highest BCUT2D eigenvalue weighted by molar-refractivity contribution is 9.10. The van der Waals surface area contributed by atoms with Crippen molar-refractivity contribution in [1.29, 1.82) is 0 Å². The predicted molar refractivity (Wildman–Crippen MR) is 76.2 cm³/mol. The molecular formula is C14H16BrNO4. The second-order valence-corrected chi connectivity index (χ2v) is 5.88. The Morgan fingerprint density at radius 3 is 2.75 bits per heavy atom. The van der Waals surface area contributed by atoms with E-state index in [1.807, 2.05) is 38.1 Å². The van der Waals surface area contributed by atoms with E-state index < -0.39 is 18.1 Å². The molecule has 0 saturated carbocycles. The molecule has 1 aromatic rings. The van der Waals surface area contributed by atoms with Gasteiger partial charge in [0, 0.05) is 10.5 Å². The lowest BCUT2D eigenvalue weighted by molar-refractivity contribution is -0.175. The van der Waals surface area contributed by atoms with Crippen molar-refractivity contribution in [1.82, 2.24) is 4.90 Å². The van der Waals surface area contributed by atoms with E-state index in [2.05, 4.69) is 15.9 Å². The fraction of sp³-hybridized carbons (Fsp3) is 0.429. The summed E-state index contributed by atoms with van der Waals surface area (Å²) in [7, 11) is 0. The van der Waals surface area contributed by atoms with Gasteiger partial charge in [0.05, 0.1) is 6.04 Å². The van der Waals surface area contributed by atoms with Crippen LogP contribution in [0.15, 0.2) is 28.7 Å². The molecule has 1 aromatic carbocycles. The lowest BCUT2D eigenvalue weighted by atomic mass is 9.96. The molecule has 0 radical (unpaired) electrons. The van der Waals surface area contributed by atoms with Crippen molar-refractivity contribution < 1.29 is 19.4 Å². The monoisotopic (exact) mass is 341 g/mol. The number of hydrogen-bond acceptors (Lipinski definition) is 3. The van der Waals surface area contributed by atoms with Crippen LogP contribution < -0.4 is 0 Å². The Morgan fingerprint density at radius 1 is 1.50 bits per heavy atom. The molecule has 1 heterocycles. The summed E-state index contributed by atoms with van der Waals surface area (Å²) in [5, 5.41) is 9.35. The van der Waals surface area contributed by atoms with Gasteiger partial charge in [-0.3, -0.25) is 4.79 Å². The second-order valence-electron chi connectivity index (χ2n) is 4.96. The maximum atomic E-state index is 12.1. The molecule has 108 valence electrons. The van der Waals surface area contributed by atoms with Gasteiger partial charge in [0.15, 0.2) is 6.10 Å². The molecule has 2 rings (SSSR count). The van der Waals surface area contributed by atoms with Gasteiger partial charge in [-0.05, 0) is 31.5 Å². The van der Waals surface area contributed by atoms with Crippen LogP contribution in [0.3, 0.4) is 0 Å². The van der Waals surface area contributed by atoms with Crippen molar-refractivity contribution in [3.63, 3.8) is 0 Å². The first kappa shape index (κ1) is 15.0. The Bertz CT molecular complexity index is 532. The van der Waals surface area contributed by atoms with E-state index in [-0.39, 0.29) is 18.6 Å². The lowest BCUT2D eigenvalue weighted by Crippen LogP contribution is -2.54. The van der Waals surface area contributed by atoms with Crippen molar-refractivity contribution in [3.05, 3.63) is 34.3 Å². The number of hydrogen-bond donors (Lipinski definition) is 1. The van der Waals surface area contributed by atoms with E-state index in [9.17, 15) is 14.7 Å². The van der Waals surface area contributed by atoms with Gasteiger partial charge in [-0.25, -0.2) is 4.79 Å². The Kier molecular flexibility index (Phi) is 4.45. The van der Waals surface area contributed by atoms with Gasteiger partial charge in [0.1, 0.15) is 6.61 Å². The zero-order valence-corrected chi connectivity index (χ0v) is 12.8. The minimum atomic E-state index is -1.06. The minimum absolute atomic E-state index is 0.0998. The van der Waals surface area contributed by atoms with Crippen molar-refractivity contribution in [3.8, 4) is 0 Å². The first-order chi connectivity index (χ1) is 9.41. The van der Waals surface area contributed by atoms with Crippen LogP contribution >= 0.6 is 15.9 Å². The molecule has 2 unspecified atom stereocenters. The summed E-state index contributed by atoms with van der Waals surface area (Å²) in [4.78, 5) is 25.1. The zero-order valence-electron chi connectivity index (χ0n) is 11.2. The van der Waals surface area contributed by atoms with Crippen LogP contribution in [-0.4, -0.2) is 40.6 Å². The number of carbonyl (C=O) groups excluding carboxylic acids is 1. The fourth-order valence-corrected chi connectivity index (χ4v) is 2.89. The quantitative estimate of drug-likeness (QED) is 0.915. The Balaban J connectivity index is 2.48. The third-order valence-corrected chi connectivity index (χ3v) is 3.74. The van der Waals surface area contributed by atoms with E-state index >= 15 is 0 Å². The Hall–Kier alpha value is -1.40. The molecule has 6 heteroatoms. The van der Waals surface area contributed by atoms with Crippen molar-refractivity contribution >= 4 is 27.8 Å². The number of carboxylic acid groups (broad SMARTS) is 1. The number of rotatable bonds is 3. The normalized spacial score (nSPS) is 23.2. The summed E-state index contributed by atoms with van der Waals surface area (Å²) >= 11 is 3.37. The minimum Gasteiger partial charge on any atom is -0.479 e. The molecular weight excluding hydrogens is 326 g/mol. The van der Waals surface area contributed by atoms with Gasteiger partial charge in [0.25, 0.3) is 0 Å². The van der Waals surface area contributed by atoms with Crippen molar-refractivity contribution in [2.45, 2.75) is 32.0 Å². The van der Waals surface area contributed by atoms with E-state index in [1.54, 1.807) is 4.90 Å². The molecule has 5 nitrogen and oxygen atoms in total. The molecule has 1 N–H and O–H groups in total. The number of aliphatic carboxylic acids is 1. The number of ether oxygens (including phenoxy) is 1. The largest absolute Gasteiger partial charge is 0.479 e. The number of benzene rings is 1. The molecule has 1 saturated heterocycles. The summed E-state index contributed by atoms with van der Waals surface area (Å²) in [6, 6.07) is 6.57. The van der Waals surface area contributed by atoms with Crippen LogP contribution in [-0.2, 0) is 14.3 Å². The third-order valence-electron chi connectivity index (χ3n) is 3.25. The number of amides is 1. The molecule has 0 aromatic heterocycles. The second kappa shape index (κ2) is 5.93. The molecule has 1 aliphatic rings. The van der Waals surface area contributed by atoms with Gasteiger partial charge < -0.3 is 14.7 Å². The molecule has 1 amide bonds. The Labute approximate surface area is 125 Å². The SMILES string of the molecule is CC(C)N1C(=O)COC(C(=O)O)C1c1cccc(Br)c1. The predicted octanol–water partition coefficient (Wildman–Crippen LogP) is 2.21. The highest BCUT2D eigenvalue weighted by Gasteiger charge is 2.42. The summed E-state index contributed by atoms with van der Waals surface area (Å²) < 4.78 is 6.07. The molecule has 0 bridgehead atoms. The summed E-state index contributed by atoms with van der Waals surface area (Å²) in [5.74, 6) is -1.25. The van der Waals surface area contributed by atoms with E-state index in [1.165, 1.54) is 0 Å². The topological polar surface area (TPSA) is 66.8 Å². The molecule has 20 heavy (non-hydrogen) atoms. The molecule has 0 spiro atoms. The van der Waals surface area contributed by atoms with Crippen molar-refractivity contribution in [2.75, 3.05) is 6.61 Å². The zero-order chi connectivity index (χ0) is 14.9. The number of carboxylic acids is 1. The highest BCUT2D eigenvalue weighted by Crippen LogP contribution is 2.33.